The first-order valence-electron chi connectivity index (χ1n) is 5.56. The molecule has 3 nitrogen and oxygen atoms in total. The molecule has 1 rings (SSSR count). The molecule has 16 heavy (non-hydrogen) atoms. The standard InChI is InChI=1S/C13H21NO2/c1-10-4-5-12(11(2)6-10)7-14(3)8-13(16)9-15/h4-6,13,15-16H,7-9H2,1-3H3. The predicted molar refractivity (Wildman–Crippen MR) is 65.3 cm³/mol. The van der Waals surface area contributed by atoms with Gasteiger partial charge in [0.25, 0.3) is 0 Å². The van der Waals surface area contributed by atoms with E-state index < -0.39 is 6.10 Å². The van der Waals surface area contributed by atoms with Gasteiger partial charge in [-0.2, -0.15) is 0 Å². The van der Waals surface area contributed by atoms with Crippen LogP contribution < -0.4 is 0 Å². The van der Waals surface area contributed by atoms with Crippen LogP contribution in [0.1, 0.15) is 16.7 Å². The van der Waals surface area contributed by atoms with Gasteiger partial charge in [-0.15, -0.1) is 0 Å². The summed E-state index contributed by atoms with van der Waals surface area (Å²) in [6, 6.07) is 6.37. The second-order valence-electron chi connectivity index (χ2n) is 4.46. The van der Waals surface area contributed by atoms with E-state index in [0.717, 1.165) is 6.54 Å². The van der Waals surface area contributed by atoms with Crippen LogP contribution in [0.15, 0.2) is 18.2 Å². The minimum Gasteiger partial charge on any atom is -0.394 e. The number of aryl methyl sites for hydroxylation is 2. The fourth-order valence-corrected chi connectivity index (χ4v) is 1.80. The van der Waals surface area contributed by atoms with Crippen LogP contribution in [0.5, 0.6) is 0 Å². The van der Waals surface area contributed by atoms with E-state index in [-0.39, 0.29) is 6.61 Å². The fourth-order valence-electron chi connectivity index (χ4n) is 1.80. The summed E-state index contributed by atoms with van der Waals surface area (Å²) in [5.41, 5.74) is 3.79. The van der Waals surface area contributed by atoms with Crippen molar-refractivity contribution in [2.45, 2.75) is 26.5 Å². The van der Waals surface area contributed by atoms with E-state index >= 15 is 0 Å². The van der Waals surface area contributed by atoms with Gasteiger partial charge in [-0.25, -0.2) is 0 Å². The zero-order chi connectivity index (χ0) is 12.1. The van der Waals surface area contributed by atoms with Gasteiger partial charge in [-0.1, -0.05) is 23.8 Å². The van der Waals surface area contributed by atoms with Gasteiger partial charge >= 0.3 is 0 Å². The van der Waals surface area contributed by atoms with Gasteiger partial charge in [0.2, 0.25) is 0 Å². The highest BCUT2D eigenvalue weighted by atomic mass is 16.3. The Morgan fingerprint density at radius 3 is 2.56 bits per heavy atom. The van der Waals surface area contributed by atoms with Crippen LogP contribution in [0.2, 0.25) is 0 Å². The van der Waals surface area contributed by atoms with Crippen molar-refractivity contribution >= 4 is 0 Å². The lowest BCUT2D eigenvalue weighted by atomic mass is 10.1. The summed E-state index contributed by atoms with van der Waals surface area (Å²) >= 11 is 0. The summed E-state index contributed by atoms with van der Waals surface area (Å²) in [6.07, 6.45) is -0.657. The summed E-state index contributed by atoms with van der Waals surface area (Å²) < 4.78 is 0. The van der Waals surface area contributed by atoms with Crippen molar-refractivity contribution in [1.29, 1.82) is 0 Å². The van der Waals surface area contributed by atoms with Crippen LogP contribution in [0.25, 0.3) is 0 Å². The van der Waals surface area contributed by atoms with E-state index in [1.54, 1.807) is 0 Å². The van der Waals surface area contributed by atoms with Crippen LogP contribution in [0.3, 0.4) is 0 Å². The number of likely N-dealkylation sites (N-methyl/N-ethyl adjacent to an activating group) is 1. The van der Waals surface area contributed by atoms with E-state index in [1.807, 2.05) is 11.9 Å². The normalized spacial score (nSPS) is 13.1. The van der Waals surface area contributed by atoms with Crippen LogP contribution in [0, 0.1) is 13.8 Å². The third-order valence-electron chi connectivity index (χ3n) is 2.67. The van der Waals surface area contributed by atoms with Crippen LogP contribution in [-0.4, -0.2) is 41.4 Å². The van der Waals surface area contributed by atoms with Gasteiger partial charge in [-0.05, 0) is 32.0 Å². The van der Waals surface area contributed by atoms with E-state index in [9.17, 15) is 5.11 Å². The Bertz CT molecular complexity index is 339. The molecule has 1 aromatic rings. The summed E-state index contributed by atoms with van der Waals surface area (Å²) in [4.78, 5) is 2.01. The van der Waals surface area contributed by atoms with Gasteiger partial charge in [0.05, 0.1) is 12.7 Å². The SMILES string of the molecule is Cc1ccc(CN(C)CC(O)CO)c(C)c1. The molecule has 0 saturated heterocycles. The molecule has 2 N–H and O–H groups in total. The molecule has 0 aromatic heterocycles. The van der Waals surface area contributed by atoms with E-state index in [0.29, 0.717) is 6.54 Å². The molecule has 0 amide bonds. The monoisotopic (exact) mass is 223 g/mol. The molecule has 1 unspecified atom stereocenters. The van der Waals surface area contributed by atoms with Crippen molar-refractivity contribution in [1.82, 2.24) is 4.90 Å². The smallest absolute Gasteiger partial charge is 0.0897 e. The van der Waals surface area contributed by atoms with Crippen molar-refractivity contribution in [3.8, 4) is 0 Å². The maximum Gasteiger partial charge on any atom is 0.0897 e. The van der Waals surface area contributed by atoms with Gasteiger partial charge in [-0.3, -0.25) is 4.90 Å². The summed E-state index contributed by atoms with van der Waals surface area (Å²) in [6.45, 7) is 5.28. The minimum atomic E-state index is -0.657. The third kappa shape index (κ3) is 3.93. The predicted octanol–water partition coefficient (Wildman–Crippen LogP) is 1.09. The lowest BCUT2D eigenvalue weighted by Gasteiger charge is -2.20. The number of hydrogen-bond acceptors (Lipinski definition) is 3. The van der Waals surface area contributed by atoms with Crippen LogP contribution >= 0.6 is 0 Å². The number of aliphatic hydroxyl groups is 2. The van der Waals surface area contributed by atoms with Crippen molar-refractivity contribution in [2.24, 2.45) is 0 Å². The second kappa shape index (κ2) is 5.99. The molecule has 0 aliphatic carbocycles. The molecule has 1 aromatic carbocycles. The first-order valence-corrected chi connectivity index (χ1v) is 5.56. The summed E-state index contributed by atoms with van der Waals surface area (Å²) in [5, 5.41) is 18.1. The van der Waals surface area contributed by atoms with E-state index in [4.69, 9.17) is 5.11 Å². The average molecular weight is 223 g/mol. The van der Waals surface area contributed by atoms with Gasteiger partial charge < -0.3 is 10.2 Å². The summed E-state index contributed by atoms with van der Waals surface area (Å²) in [5.74, 6) is 0. The maximum absolute atomic E-state index is 9.33. The van der Waals surface area contributed by atoms with Crippen molar-refractivity contribution in [3.63, 3.8) is 0 Å². The molecule has 0 aliphatic rings. The molecule has 90 valence electrons. The Labute approximate surface area is 97.3 Å². The first kappa shape index (κ1) is 13.2. The highest BCUT2D eigenvalue weighted by Crippen LogP contribution is 2.12. The molecule has 0 spiro atoms. The van der Waals surface area contributed by atoms with Gasteiger partial charge in [0.15, 0.2) is 0 Å². The minimum absolute atomic E-state index is 0.183. The molecule has 1 atom stereocenters. The Morgan fingerprint density at radius 1 is 1.31 bits per heavy atom. The number of nitrogens with zero attached hydrogens (tertiary/aromatic N) is 1. The van der Waals surface area contributed by atoms with Crippen molar-refractivity contribution in [2.75, 3.05) is 20.2 Å². The third-order valence-corrected chi connectivity index (χ3v) is 2.67. The van der Waals surface area contributed by atoms with Gasteiger partial charge in [0.1, 0.15) is 0 Å². The zero-order valence-corrected chi connectivity index (χ0v) is 10.3. The van der Waals surface area contributed by atoms with Crippen LogP contribution in [0.4, 0.5) is 0 Å². The summed E-state index contributed by atoms with van der Waals surface area (Å²) in [7, 11) is 1.94. The zero-order valence-electron chi connectivity index (χ0n) is 10.3. The molecule has 0 radical (unpaired) electrons. The lowest BCUT2D eigenvalue weighted by Crippen LogP contribution is -2.31. The maximum atomic E-state index is 9.33. The van der Waals surface area contributed by atoms with Crippen LogP contribution in [-0.2, 0) is 6.54 Å². The first-order chi connectivity index (χ1) is 7.52. The Morgan fingerprint density at radius 2 is 2.00 bits per heavy atom. The molecule has 0 heterocycles. The van der Waals surface area contributed by atoms with Crippen molar-refractivity contribution in [3.05, 3.63) is 34.9 Å². The Balaban J connectivity index is 2.59. The number of hydrogen-bond donors (Lipinski definition) is 2. The second-order valence-corrected chi connectivity index (χ2v) is 4.46. The molecule has 0 aliphatic heterocycles. The van der Waals surface area contributed by atoms with E-state index in [1.165, 1.54) is 16.7 Å². The van der Waals surface area contributed by atoms with E-state index in [2.05, 4.69) is 32.0 Å². The Hall–Kier alpha value is -0.900. The number of rotatable bonds is 5. The van der Waals surface area contributed by atoms with Gasteiger partial charge in [0, 0.05) is 13.1 Å². The Kier molecular flexibility index (Phi) is 4.93. The molecular weight excluding hydrogens is 202 g/mol. The molecule has 0 fully saturated rings. The molecular formula is C13H21NO2. The molecule has 0 bridgehead atoms. The quantitative estimate of drug-likeness (QED) is 0.785. The van der Waals surface area contributed by atoms with Crippen molar-refractivity contribution < 1.29 is 10.2 Å². The largest absolute Gasteiger partial charge is 0.394 e. The highest BCUT2D eigenvalue weighted by Gasteiger charge is 2.08. The average Bonchev–Trinajstić information content (AvgIpc) is 2.22. The number of benzene rings is 1. The topological polar surface area (TPSA) is 43.7 Å². The molecule has 3 heteroatoms. The fraction of sp³-hybridized carbons (Fsp3) is 0.538. The molecule has 0 saturated carbocycles. The lowest BCUT2D eigenvalue weighted by molar-refractivity contribution is 0.0647. The highest BCUT2D eigenvalue weighted by molar-refractivity contribution is 5.30. The number of aliphatic hydroxyl groups excluding tert-OH is 2.